The third-order valence-electron chi connectivity index (χ3n) is 7.32. The van der Waals surface area contributed by atoms with Crippen molar-refractivity contribution in [3.8, 4) is 0 Å². The molecule has 5 nitrogen and oxygen atoms in total. The Morgan fingerprint density at radius 2 is 1.92 bits per heavy atom. The van der Waals surface area contributed by atoms with Crippen molar-refractivity contribution in [1.82, 2.24) is 0 Å². The smallest absolute Gasteiger partial charge is 0.308 e. The molecule has 0 aromatic carbocycles. The number of ether oxygens (including phenoxy) is 2. The normalized spacial score (nSPS) is 41.7. The van der Waals surface area contributed by atoms with E-state index in [0.717, 1.165) is 19.3 Å². The number of aliphatic hydroxyl groups excluding tert-OH is 1. The van der Waals surface area contributed by atoms with E-state index in [4.69, 9.17) is 9.47 Å². The van der Waals surface area contributed by atoms with Crippen LogP contribution in [0.1, 0.15) is 66.2 Å². The first-order valence-corrected chi connectivity index (χ1v) is 9.66. The fourth-order valence-corrected chi connectivity index (χ4v) is 6.20. The molecule has 1 saturated heterocycles. The molecule has 4 atom stereocenters. The Balaban J connectivity index is 2.08. The van der Waals surface area contributed by atoms with Gasteiger partial charge in [-0.05, 0) is 49.7 Å². The standard InChI is InChI=1S/C21H32O5/c1-18(2)7-6-8-20(4)17(18)15(23)11-14(13-22)21(20)10-9-19(3,26-21)12-16(24)25-5/h11,17,22H,6-10,12-13H2,1-5H3. The SMILES string of the molecule is COC(=O)CC1(C)CCC2(O1)C(CO)=CC(=O)C1C(C)(C)CCCC12C. The van der Waals surface area contributed by atoms with Crippen LogP contribution in [0.2, 0.25) is 0 Å². The molecule has 1 aliphatic heterocycles. The molecule has 4 unspecified atom stereocenters. The summed E-state index contributed by atoms with van der Waals surface area (Å²) in [6.07, 6.45) is 6.16. The van der Waals surface area contributed by atoms with Crippen molar-refractivity contribution in [3.63, 3.8) is 0 Å². The number of ketones is 1. The molecule has 1 spiro atoms. The topological polar surface area (TPSA) is 72.8 Å². The highest BCUT2D eigenvalue weighted by molar-refractivity contribution is 5.95. The molecule has 1 saturated carbocycles. The second kappa shape index (κ2) is 6.16. The van der Waals surface area contributed by atoms with Gasteiger partial charge in [-0.15, -0.1) is 0 Å². The van der Waals surface area contributed by atoms with Crippen LogP contribution in [0.5, 0.6) is 0 Å². The van der Waals surface area contributed by atoms with E-state index in [9.17, 15) is 14.7 Å². The molecular formula is C21H32O5. The van der Waals surface area contributed by atoms with Crippen LogP contribution in [0.15, 0.2) is 11.6 Å². The van der Waals surface area contributed by atoms with Gasteiger partial charge in [-0.3, -0.25) is 9.59 Å². The zero-order valence-corrected chi connectivity index (χ0v) is 16.7. The van der Waals surface area contributed by atoms with Crippen molar-refractivity contribution in [2.24, 2.45) is 16.7 Å². The van der Waals surface area contributed by atoms with Gasteiger partial charge < -0.3 is 14.6 Å². The lowest BCUT2D eigenvalue weighted by molar-refractivity contribution is -0.196. The maximum absolute atomic E-state index is 13.0. The molecule has 0 bridgehead atoms. The lowest BCUT2D eigenvalue weighted by atomic mass is 9.46. The third kappa shape index (κ3) is 2.66. The van der Waals surface area contributed by atoms with Crippen LogP contribution >= 0.6 is 0 Å². The minimum Gasteiger partial charge on any atom is -0.469 e. The minimum atomic E-state index is -0.694. The largest absolute Gasteiger partial charge is 0.469 e. The van der Waals surface area contributed by atoms with E-state index in [-0.39, 0.29) is 41.5 Å². The Hall–Kier alpha value is -1.20. The van der Waals surface area contributed by atoms with E-state index in [1.807, 2.05) is 6.92 Å². The highest BCUT2D eigenvalue weighted by atomic mass is 16.5. The van der Waals surface area contributed by atoms with Gasteiger partial charge in [-0.1, -0.05) is 27.2 Å². The second-order valence-electron chi connectivity index (χ2n) is 9.55. The number of hydrogen-bond donors (Lipinski definition) is 1. The number of rotatable bonds is 3. The number of allylic oxidation sites excluding steroid dienone is 1. The fourth-order valence-electron chi connectivity index (χ4n) is 6.20. The first-order valence-electron chi connectivity index (χ1n) is 9.66. The molecule has 3 rings (SSSR count). The van der Waals surface area contributed by atoms with Crippen molar-refractivity contribution < 1.29 is 24.2 Å². The van der Waals surface area contributed by atoms with Crippen LogP contribution in [0, 0.1) is 16.7 Å². The van der Waals surface area contributed by atoms with E-state index < -0.39 is 11.2 Å². The molecule has 0 aromatic rings. The van der Waals surface area contributed by atoms with Gasteiger partial charge >= 0.3 is 5.97 Å². The summed E-state index contributed by atoms with van der Waals surface area (Å²) in [6, 6.07) is 0. The molecule has 2 aliphatic carbocycles. The van der Waals surface area contributed by atoms with Gasteiger partial charge in [0.25, 0.3) is 0 Å². The van der Waals surface area contributed by atoms with Gasteiger partial charge in [0, 0.05) is 11.3 Å². The Kier molecular flexibility index (Phi) is 4.64. The summed E-state index contributed by atoms with van der Waals surface area (Å²) in [5, 5.41) is 10.1. The van der Waals surface area contributed by atoms with Gasteiger partial charge in [0.1, 0.15) is 0 Å². The minimum absolute atomic E-state index is 0.108. The van der Waals surface area contributed by atoms with Gasteiger partial charge in [-0.2, -0.15) is 0 Å². The highest BCUT2D eigenvalue weighted by Crippen LogP contribution is 2.65. The predicted octanol–water partition coefficient (Wildman–Crippen LogP) is 3.19. The summed E-state index contributed by atoms with van der Waals surface area (Å²) in [5.74, 6) is -0.326. The van der Waals surface area contributed by atoms with Gasteiger partial charge in [-0.25, -0.2) is 0 Å². The van der Waals surface area contributed by atoms with Crippen molar-refractivity contribution in [2.75, 3.05) is 13.7 Å². The quantitative estimate of drug-likeness (QED) is 0.779. The maximum Gasteiger partial charge on any atom is 0.308 e. The van der Waals surface area contributed by atoms with Crippen LogP contribution in [-0.2, 0) is 19.1 Å². The lowest BCUT2D eigenvalue weighted by Gasteiger charge is -2.60. The number of esters is 1. The summed E-state index contributed by atoms with van der Waals surface area (Å²) in [6.45, 7) is 8.24. The number of methoxy groups -OCH3 is 1. The van der Waals surface area contributed by atoms with Crippen LogP contribution in [-0.4, -0.2) is 41.8 Å². The number of aliphatic hydroxyl groups is 1. The molecule has 1 heterocycles. The van der Waals surface area contributed by atoms with E-state index in [1.54, 1.807) is 6.08 Å². The van der Waals surface area contributed by atoms with Crippen LogP contribution in [0.3, 0.4) is 0 Å². The lowest BCUT2D eigenvalue weighted by Crippen LogP contribution is -2.62. The first kappa shape index (κ1) is 19.6. The molecule has 5 heteroatoms. The summed E-state index contributed by atoms with van der Waals surface area (Å²) in [5.41, 5.74) is -1.16. The molecule has 2 fully saturated rings. The Morgan fingerprint density at radius 1 is 1.23 bits per heavy atom. The number of carbonyl (C=O) groups excluding carboxylic acids is 2. The Morgan fingerprint density at radius 3 is 2.54 bits per heavy atom. The van der Waals surface area contributed by atoms with Crippen molar-refractivity contribution in [2.45, 2.75) is 77.4 Å². The third-order valence-corrected chi connectivity index (χ3v) is 7.32. The average molecular weight is 364 g/mol. The van der Waals surface area contributed by atoms with Crippen LogP contribution in [0.4, 0.5) is 0 Å². The van der Waals surface area contributed by atoms with Gasteiger partial charge in [0.2, 0.25) is 0 Å². The Bertz CT molecular complexity index is 651. The fraction of sp³-hybridized carbons (Fsp3) is 0.810. The molecule has 0 radical (unpaired) electrons. The Labute approximate surface area is 156 Å². The molecule has 0 amide bonds. The van der Waals surface area contributed by atoms with Gasteiger partial charge in [0.15, 0.2) is 5.78 Å². The number of carbonyl (C=O) groups is 2. The zero-order valence-electron chi connectivity index (χ0n) is 16.7. The molecule has 3 aliphatic rings. The molecule has 26 heavy (non-hydrogen) atoms. The van der Waals surface area contributed by atoms with E-state index >= 15 is 0 Å². The zero-order chi connectivity index (χ0) is 19.4. The monoisotopic (exact) mass is 364 g/mol. The van der Waals surface area contributed by atoms with E-state index in [1.165, 1.54) is 7.11 Å². The predicted molar refractivity (Wildman–Crippen MR) is 97.5 cm³/mol. The van der Waals surface area contributed by atoms with E-state index in [0.29, 0.717) is 18.4 Å². The van der Waals surface area contributed by atoms with E-state index in [2.05, 4.69) is 20.8 Å². The van der Waals surface area contributed by atoms with Crippen molar-refractivity contribution in [3.05, 3.63) is 11.6 Å². The summed E-state index contributed by atoms with van der Waals surface area (Å²) < 4.78 is 11.5. The van der Waals surface area contributed by atoms with Crippen molar-refractivity contribution >= 4 is 11.8 Å². The van der Waals surface area contributed by atoms with Gasteiger partial charge in [0.05, 0.1) is 31.3 Å². The van der Waals surface area contributed by atoms with Crippen LogP contribution < -0.4 is 0 Å². The molecular weight excluding hydrogens is 332 g/mol. The molecule has 1 N–H and O–H groups in total. The average Bonchev–Trinajstić information content (AvgIpc) is 2.89. The number of hydrogen-bond acceptors (Lipinski definition) is 5. The second-order valence-corrected chi connectivity index (χ2v) is 9.55. The first-order chi connectivity index (χ1) is 12.0. The number of fused-ring (bicyclic) bond motifs is 2. The summed E-state index contributed by atoms with van der Waals surface area (Å²) in [7, 11) is 1.38. The summed E-state index contributed by atoms with van der Waals surface area (Å²) in [4.78, 5) is 24.9. The maximum atomic E-state index is 13.0. The summed E-state index contributed by atoms with van der Waals surface area (Å²) >= 11 is 0. The van der Waals surface area contributed by atoms with Crippen LogP contribution in [0.25, 0.3) is 0 Å². The van der Waals surface area contributed by atoms with Crippen molar-refractivity contribution in [1.29, 1.82) is 0 Å². The molecule has 0 aromatic heterocycles. The molecule has 146 valence electrons. The highest BCUT2D eigenvalue weighted by Gasteiger charge is 2.67.